The second-order valence-corrected chi connectivity index (χ2v) is 5.16. The molecule has 0 bridgehead atoms. The Bertz CT molecular complexity index is 474. The highest BCUT2D eigenvalue weighted by molar-refractivity contribution is 7.80. The number of anilines is 1. The second-order valence-electron chi connectivity index (χ2n) is 3.72. The van der Waals surface area contributed by atoms with Gasteiger partial charge in [-0.2, -0.15) is 0 Å². The number of rotatable bonds is 4. The number of hydrogen-bond acceptors (Lipinski definition) is 3. The molecule has 0 unspecified atom stereocenters. The molecule has 0 spiro atoms. The predicted octanol–water partition coefficient (Wildman–Crippen LogP) is 3.38. The van der Waals surface area contributed by atoms with Crippen molar-refractivity contribution in [2.45, 2.75) is 19.8 Å². The maximum absolute atomic E-state index is 5.20. The fourth-order valence-corrected chi connectivity index (χ4v) is 2.58. The number of para-hydroxylation sites is 1. The van der Waals surface area contributed by atoms with E-state index in [1.165, 1.54) is 4.70 Å². The summed E-state index contributed by atoms with van der Waals surface area (Å²) in [7, 11) is 0. The van der Waals surface area contributed by atoms with E-state index < -0.39 is 0 Å². The second kappa shape index (κ2) is 5.93. The molecule has 17 heavy (non-hydrogen) atoms. The van der Waals surface area contributed by atoms with Crippen molar-refractivity contribution < 1.29 is 0 Å². The Kier molecular flexibility index (Phi) is 4.28. The first-order valence-electron chi connectivity index (χ1n) is 5.70. The summed E-state index contributed by atoms with van der Waals surface area (Å²) in [6, 6.07) is 8.07. The summed E-state index contributed by atoms with van der Waals surface area (Å²) < 4.78 is 1.17. The highest BCUT2D eigenvalue weighted by atomic mass is 32.1. The van der Waals surface area contributed by atoms with E-state index in [-0.39, 0.29) is 0 Å². The van der Waals surface area contributed by atoms with Gasteiger partial charge in [0, 0.05) is 6.54 Å². The van der Waals surface area contributed by atoms with Crippen LogP contribution in [0, 0.1) is 0 Å². The van der Waals surface area contributed by atoms with E-state index in [2.05, 4.69) is 28.6 Å². The van der Waals surface area contributed by atoms with Crippen molar-refractivity contribution >= 4 is 44.0 Å². The fraction of sp³-hybridized carbons (Fsp3) is 0.333. The van der Waals surface area contributed by atoms with Gasteiger partial charge in [0.05, 0.1) is 10.2 Å². The zero-order chi connectivity index (χ0) is 12.1. The van der Waals surface area contributed by atoms with Gasteiger partial charge in [-0.05, 0) is 30.8 Å². The summed E-state index contributed by atoms with van der Waals surface area (Å²) in [5.41, 5.74) is 1.01. The molecule has 0 amide bonds. The average Bonchev–Trinajstić information content (AvgIpc) is 2.71. The molecule has 1 aromatic heterocycles. The van der Waals surface area contributed by atoms with Gasteiger partial charge in [-0.15, -0.1) is 0 Å². The lowest BCUT2D eigenvalue weighted by atomic mass is 10.3. The van der Waals surface area contributed by atoms with Crippen LogP contribution in [0.25, 0.3) is 10.2 Å². The van der Waals surface area contributed by atoms with Crippen LogP contribution in [0.2, 0.25) is 0 Å². The first-order valence-corrected chi connectivity index (χ1v) is 6.92. The van der Waals surface area contributed by atoms with Crippen LogP contribution in [0.1, 0.15) is 19.8 Å². The molecule has 0 fully saturated rings. The summed E-state index contributed by atoms with van der Waals surface area (Å²) >= 11 is 6.81. The predicted molar refractivity (Wildman–Crippen MR) is 78.8 cm³/mol. The van der Waals surface area contributed by atoms with Crippen LogP contribution < -0.4 is 10.6 Å². The Morgan fingerprint density at radius 1 is 1.41 bits per heavy atom. The third kappa shape index (κ3) is 3.38. The number of benzene rings is 1. The molecule has 0 saturated carbocycles. The standard InChI is InChI=1S/C12H15N3S2/c1-2-3-8-13-11(16)15-12-14-9-6-4-5-7-10(9)17-12/h4-7H,2-3,8H2,1H3,(H2,13,14,15,16). The number of thiocarbonyl (C=S) groups is 1. The number of fused-ring (bicyclic) bond motifs is 1. The minimum Gasteiger partial charge on any atom is -0.362 e. The summed E-state index contributed by atoms with van der Waals surface area (Å²) in [6.45, 7) is 3.07. The summed E-state index contributed by atoms with van der Waals surface area (Å²) in [6.07, 6.45) is 2.29. The smallest absolute Gasteiger partial charge is 0.190 e. The molecule has 0 radical (unpaired) electrons. The molecular weight excluding hydrogens is 250 g/mol. The summed E-state index contributed by atoms with van der Waals surface area (Å²) in [5, 5.41) is 7.78. The minimum atomic E-state index is 0.650. The normalized spacial score (nSPS) is 10.4. The monoisotopic (exact) mass is 265 g/mol. The average molecular weight is 265 g/mol. The Hall–Kier alpha value is -1.20. The first kappa shape index (κ1) is 12.3. The third-order valence-corrected chi connectivity index (χ3v) is 3.53. The minimum absolute atomic E-state index is 0.650. The maximum atomic E-state index is 5.20. The van der Waals surface area contributed by atoms with Gasteiger partial charge >= 0.3 is 0 Å². The van der Waals surface area contributed by atoms with Crippen LogP contribution in [-0.4, -0.2) is 16.6 Å². The summed E-state index contributed by atoms with van der Waals surface area (Å²) in [4.78, 5) is 4.46. The van der Waals surface area contributed by atoms with E-state index in [1.807, 2.05) is 18.2 Å². The van der Waals surface area contributed by atoms with Crippen molar-refractivity contribution in [1.29, 1.82) is 0 Å². The topological polar surface area (TPSA) is 37.0 Å². The molecule has 0 aliphatic rings. The van der Waals surface area contributed by atoms with Crippen LogP contribution >= 0.6 is 23.6 Å². The van der Waals surface area contributed by atoms with E-state index in [4.69, 9.17) is 12.2 Å². The molecule has 3 nitrogen and oxygen atoms in total. The molecular formula is C12H15N3S2. The molecule has 0 saturated heterocycles. The van der Waals surface area contributed by atoms with Crippen molar-refractivity contribution in [3.05, 3.63) is 24.3 Å². The van der Waals surface area contributed by atoms with Crippen LogP contribution in [0.5, 0.6) is 0 Å². The van der Waals surface area contributed by atoms with Gasteiger partial charge in [0.2, 0.25) is 0 Å². The number of nitrogens with one attached hydrogen (secondary N) is 2. The number of nitrogens with zero attached hydrogens (tertiary/aromatic N) is 1. The molecule has 0 aliphatic carbocycles. The van der Waals surface area contributed by atoms with Gasteiger partial charge in [0.25, 0.3) is 0 Å². The van der Waals surface area contributed by atoms with Gasteiger partial charge in [0.1, 0.15) is 0 Å². The van der Waals surface area contributed by atoms with Gasteiger partial charge in [-0.25, -0.2) is 4.98 Å². The lowest BCUT2D eigenvalue weighted by molar-refractivity contribution is 0.758. The molecule has 0 aliphatic heterocycles. The molecule has 2 aromatic rings. The van der Waals surface area contributed by atoms with Crippen LogP contribution in [-0.2, 0) is 0 Å². The van der Waals surface area contributed by atoms with Gasteiger partial charge in [0.15, 0.2) is 10.2 Å². The van der Waals surface area contributed by atoms with Crippen LogP contribution in [0.4, 0.5) is 5.13 Å². The SMILES string of the molecule is CCCCNC(=S)Nc1nc2ccccc2s1. The van der Waals surface area contributed by atoms with E-state index in [9.17, 15) is 0 Å². The van der Waals surface area contributed by atoms with Crippen molar-refractivity contribution in [3.63, 3.8) is 0 Å². The van der Waals surface area contributed by atoms with E-state index in [0.29, 0.717) is 5.11 Å². The van der Waals surface area contributed by atoms with Gasteiger partial charge in [-0.3, -0.25) is 0 Å². The molecule has 1 heterocycles. The zero-order valence-electron chi connectivity index (χ0n) is 9.69. The van der Waals surface area contributed by atoms with E-state index in [0.717, 1.165) is 30.0 Å². The zero-order valence-corrected chi connectivity index (χ0v) is 11.3. The van der Waals surface area contributed by atoms with E-state index >= 15 is 0 Å². The Morgan fingerprint density at radius 2 is 2.24 bits per heavy atom. The molecule has 0 atom stereocenters. The van der Waals surface area contributed by atoms with Crippen molar-refractivity contribution in [1.82, 2.24) is 10.3 Å². The molecule has 90 valence electrons. The highest BCUT2D eigenvalue weighted by Crippen LogP contribution is 2.25. The largest absolute Gasteiger partial charge is 0.362 e. The Labute approximate surface area is 110 Å². The van der Waals surface area contributed by atoms with Gasteiger partial charge in [-0.1, -0.05) is 36.8 Å². The number of hydrogen-bond donors (Lipinski definition) is 2. The van der Waals surface area contributed by atoms with E-state index in [1.54, 1.807) is 11.3 Å². The molecule has 5 heteroatoms. The number of thiazole rings is 1. The molecule has 1 aromatic carbocycles. The fourth-order valence-electron chi connectivity index (χ4n) is 1.45. The lowest BCUT2D eigenvalue weighted by Gasteiger charge is -2.06. The highest BCUT2D eigenvalue weighted by Gasteiger charge is 2.03. The van der Waals surface area contributed by atoms with Crippen molar-refractivity contribution in [2.24, 2.45) is 0 Å². The maximum Gasteiger partial charge on any atom is 0.190 e. The summed E-state index contributed by atoms with van der Waals surface area (Å²) in [5.74, 6) is 0. The Balaban J connectivity index is 1.96. The third-order valence-electron chi connectivity index (χ3n) is 2.33. The Morgan fingerprint density at radius 3 is 3.00 bits per heavy atom. The van der Waals surface area contributed by atoms with Crippen LogP contribution in [0.15, 0.2) is 24.3 Å². The lowest BCUT2D eigenvalue weighted by Crippen LogP contribution is -2.29. The molecule has 2 rings (SSSR count). The number of unbranched alkanes of at least 4 members (excludes halogenated alkanes) is 1. The molecule has 2 N–H and O–H groups in total. The van der Waals surface area contributed by atoms with Gasteiger partial charge < -0.3 is 10.6 Å². The van der Waals surface area contributed by atoms with Crippen molar-refractivity contribution in [2.75, 3.05) is 11.9 Å². The number of aromatic nitrogens is 1. The van der Waals surface area contributed by atoms with Crippen molar-refractivity contribution in [3.8, 4) is 0 Å². The first-order chi connectivity index (χ1) is 8.29. The van der Waals surface area contributed by atoms with Crippen LogP contribution in [0.3, 0.4) is 0 Å². The quantitative estimate of drug-likeness (QED) is 0.656.